The van der Waals surface area contributed by atoms with Crippen LogP contribution in [0.5, 0.6) is 0 Å². The molecule has 1 saturated carbocycles. The van der Waals surface area contributed by atoms with E-state index >= 15 is 0 Å². The minimum absolute atomic E-state index is 0.469. The van der Waals surface area contributed by atoms with Gasteiger partial charge in [0.25, 0.3) is 0 Å². The summed E-state index contributed by atoms with van der Waals surface area (Å²) < 4.78 is 3.38. The molecule has 1 aliphatic carbocycles. The number of aryl methyl sites for hydroxylation is 1. The Morgan fingerprint density at radius 1 is 1.23 bits per heavy atom. The lowest BCUT2D eigenvalue weighted by Gasteiger charge is -2.23. The maximum Gasteiger partial charge on any atom is 0.346 e. The number of carbonyl (C=O) groups is 1. The first-order valence-electron chi connectivity index (χ1n) is 11.2. The number of hydrogen-bond acceptors (Lipinski definition) is 3. The van der Waals surface area contributed by atoms with Crippen molar-refractivity contribution in [2.75, 3.05) is 6.54 Å². The molecule has 0 unspecified atom stereocenters. The molecule has 0 amide bonds. The van der Waals surface area contributed by atoms with Crippen LogP contribution in [-0.2, 0) is 13.6 Å². The monoisotopic (exact) mass is 458 g/mol. The Hall–Kier alpha value is -1.82. The first-order chi connectivity index (χ1) is 14.9. The van der Waals surface area contributed by atoms with E-state index in [1.165, 1.54) is 54.7 Å². The molecule has 6 heteroatoms. The lowest BCUT2D eigenvalue weighted by Crippen LogP contribution is -2.20. The standard InChI is InChI=1S/C25H31ClN2O2S/c1-15(2)13-27-14-19-22-24(31-23(19)25(29)30)20(16-7-5-4-6-8-16)21(28(22)3)17-9-11-18(26)12-10-17/h9-12,15-16,27H,4-8,13-14H2,1-3H3,(H,29,30). The van der Waals surface area contributed by atoms with Crippen LogP contribution in [0.3, 0.4) is 0 Å². The molecule has 0 bridgehead atoms. The van der Waals surface area contributed by atoms with Gasteiger partial charge >= 0.3 is 5.97 Å². The van der Waals surface area contributed by atoms with E-state index in [1.807, 2.05) is 12.1 Å². The van der Waals surface area contributed by atoms with Gasteiger partial charge in [0.15, 0.2) is 0 Å². The van der Waals surface area contributed by atoms with Gasteiger partial charge in [0.1, 0.15) is 4.88 Å². The lowest BCUT2D eigenvalue weighted by atomic mass is 9.83. The second-order valence-electron chi connectivity index (χ2n) is 9.08. The van der Waals surface area contributed by atoms with Gasteiger partial charge in [0.05, 0.1) is 15.9 Å². The highest BCUT2D eigenvalue weighted by atomic mass is 35.5. The molecule has 4 rings (SSSR count). The van der Waals surface area contributed by atoms with Gasteiger partial charge < -0.3 is 15.0 Å². The van der Waals surface area contributed by atoms with E-state index in [9.17, 15) is 9.90 Å². The van der Waals surface area contributed by atoms with E-state index in [0.29, 0.717) is 23.3 Å². The van der Waals surface area contributed by atoms with Gasteiger partial charge in [-0.1, -0.05) is 56.8 Å². The SMILES string of the molecule is CC(C)CNCc1c(C(=O)O)sc2c(C3CCCCC3)c(-c3ccc(Cl)cc3)n(C)c12. The molecule has 1 fully saturated rings. The Balaban J connectivity index is 1.93. The van der Waals surface area contributed by atoms with Crippen molar-refractivity contribution >= 4 is 39.1 Å². The van der Waals surface area contributed by atoms with Crippen LogP contribution in [0.15, 0.2) is 24.3 Å². The molecular weight excluding hydrogens is 428 g/mol. The zero-order valence-corrected chi connectivity index (χ0v) is 20.1. The van der Waals surface area contributed by atoms with Crippen LogP contribution in [0.2, 0.25) is 5.02 Å². The summed E-state index contributed by atoms with van der Waals surface area (Å²) in [6.07, 6.45) is 6.10. The number of benzene rings is 1. The summed E-state index contributed by atoms with van der Waals surface area (Å²) in [5, 5.41) is 14.2. The molecule has 0 atom stereocenters. The zero-order valence-electron chi connectivity index (χ0n) is 18.5. The molecule has 0 radical (unpaired) electrons. The maximum absolute atomic E-state index is 12.1. The van der Waals surface area contributed by atoms with Crippen molar-refractivity contribution in [1.29, 1.82) is 0 Å². The van der Waals surface area contributed by atoms with E-state index < -0.39 is 5.97 Å². The molecular formula is C25H31ClN2O2S. The Labute approximate surface area is 193 Å². The van der Waals surface area contributed by atoms with Crippen molar-refractivity contribution in [3.05, 3.63) is 45.3 Å². The molecule has 0 saturated heterocycles. The number of carboxylic acids is 1. The molecule has 0 spiro atoms. The van der Waals surface area contributed by atoms with Crippen LogP contribution in [0.1, 0.15) is 72.7 Å². The highest BCUT2D eigenvalue weighted by Crippen LogP contribution is 2.48. The predicted octanol–water partition coefficient (Wildman–Crippen LogP) is 7.05. The molecule has 31 heavy (non-hydrogen) atoms. The molecule has 166 valence electrons. The van der Waals surface area contributed by atoms with Crippen molar-refractivity contribution in [2.24, 2.45) is 13.0 Å². The molecule has 0 aliphatic heterocycles. The van der Waals surface area contributed by atoms with Crippen molar-refractivity contribution in [1.82, 2.24) is 9.88 Å². The number of aromatic nitrogens is 1. The Kier molecular flexibility index (Phi) is 6.75. The van der Waals surface area contributed by atoms with E-state index in [2.05, 4.69) is 42.9 Å². The summed E-state index contributed by atoms with van der Waals surface area (Å²) in [5.74, 6) is 0.156. The van der Waals surface area contributed by atoms with Gasteiger partial charge in [0, 0.05) is 24.2 Å². The van der Waals surface area contributed by atoms with Crippen molar-refractivity contribution in [3.63, 3.8) is 0 Å². The van der Waals surface area contributed by atoms with Gasteiger partial charge in [-0.05, 0) is 54.5 Å². The van der Waals surface area contributed by atoms with Gasteiger partial charge in [0.2, 0.25) is 0 Å². The van der Waals surface area contributed by atoms with Crippen LogP contribution in [0, 0.1) is 5.92 Å². The highest BCUT2D eigenvalue weighted by molar-refractivity contribution is 7.21. The van der Waals surface area contributed by atoms with Crippen LogP contribution < -0.4 is 5.32 Å². The summed E-state index contributed by atoms with van der Waals surface area (Å²) in [5.41, 5.74) is 5.68. The minimum atomic E-state index is -0.829. The summed E-state index contributed by atoms with van der Waals surface area (Å²) in [4.78, 5) is 12.6. The third kappa shape index (κ3) is 4.41. The minimum Gasteiger partial charge on any atom is -0.477 e. The normalized spacial score (nSPS) is 15.3. The van der Waals surface area contributed by atoms with Gasteiger partial charge in [-0.15, -0.1) is 11.3 Å². The molecule has 1 aliphatic rings. The number of thiophene rings is 1. The van der Waals surface area contributed by atoms with Crippen LogP contribution >= 0.6 is 22.9 Å². The molecule has 3 aromatic rings. The smallest absolute Gasteiger partial charge is 0.346 e. The average Bonchev–Trinajstić information content (AvgIpc) is 3.25. The van der Waals surface area contributed by atoms with Gasteiger partial charge in [-0.25, -0.2) is 4.79 Å². The number of nitrogens with one attached hydrogen (secondary N) is 1. The molecule has 1 aromatic carbocycles. The predicted molar refractivity (Wildman–Crippen MR) is 131 cm³/mol. The first kappa shape index (κ1) is 22.4. The number of nitrogens with zero attached hydrogens (tertiary/aromatic N) is 1. The molecule has 2 N–H and O–H groups in total. The molecule has 2 aromatic heterocycles. The largest absolute Gasteiger partial charge is 0.477 e. The quantitative estimate of drug-likeness (QED) is 0.398. The summed E-state index contributed by atoms with van der Waals surface area (Å²) in [7, 11) is 2.09. The highest BCUT2D eigenvalue weighted by Gasteiger charge is 2.30. The fraction of sp³-hybridized carbons (Fsp3) is 0.480. The number of fused-ring (bicyclic) bond motifs is 1. The average molecular weight is 459 g/mol. The van der Waals surface area contributed by atoms with Gasteiger partial charge in [-0.3, -0.25) is 0 Å². The van der Waals surface area contributed by atoms with Crippen molar-refractivity contribution in [3.8, 4) is 11.3 Å². The third-order valence-corrected chi connectivity index (χ3v) is 7.82. The lowest BCUT2D eigenvalue weighted by molar-refractivity contribution is 0.0701. The van der Waals surface area contributed by atoms with Gasteiger partial charge in [-0.2, -0.15) is 0 Å². The van der Waals surface area contributed by atoms with Crippen molar-refractivity contribution in [2.45, 2.75) is 58.4 Å². The van der Waals surface area contributed by atoms with Crippen LogP contribution in [0.4, 0.5) is 0 Å². The van der Waals surface area contributed by atoms with E-state index in [-0.39, 0.29) is 0 Å². The van der Waals surface area contributed by atoms with Crippen molar-refractivity contribution < 1.29 is 9.90 Å². The number of halogens is 1. The number of hydrogen-bond donors (Lipinski definition) is 2. The maximum atomic E-state index is 12.1. The first-order valence-corrected chi connectivity index (χ1v) is 12.4. The van der Waals surface area contributed by atoms with E-state index in [4.69, 9.17) is 11.6 Å². The summed E-state index contributed by atoms with van der Waals surface area (Å²) in [6.45, 7) is 5.76. The topological polar surface area (TPSA) is 54.3 Å². The zero-order chi connectivity index (χ0) is 22.1. The molecule has 2 heterocycles. The summed E-state index contributed by atoms with van der Waals surface area (Å²) in [6, 6.07) is 8.05. The third-order valence-electron chi connectivity index (χ3n) is 6.33. The molecule has 4 nitrogen and oxygen atoms in total. The Bertz CT molecular complexity index is 1080. The Morgan fingerprint density at radius 3 is 2.52 bits per heavy atom. The Morgan fingerprint density at radius 2 is 1.90 bits per heavy atom. The summed E-state index contributed by atoms with van der Waals surface area (Å²) >= 11 is 7.63. The van der Waals surface area contributed by atoms with Crippen LogP contribution in [0.25, 0.3) is 21.5 Å². The number of aromatic carboxylic acids is 1. The second-order valence-corrected chi connectivity index (χ2v) is 10.5. The fourth-order valence-electron chi connectivity index (χ4n) is 4.94. The van der Waals surface area contributed by atoms with Crippen LogP contribution in [-0.4, -0.2) is 22.2 Å². The van der Waals surface area contributed by atoms with E-state index in [0.717, 1.165) is 32.9 Å². The second kappa shape index (κ2) is 9.35. The van der Waals surface area contributed by atoms with E-state index in [1.54, 1.807) is 0 Å². The fourth-order valence-corrected chi connectivity index (χ4v) is 6.38. The number of carboxylic acid groups (broad SMARTS) is 1. The number of rotatable bonds is 7.